The quantitative estimate of drug-likeness (QED) is 0.892. The van der Waals surface area contributed by atoms with Crippen molar-refractivity contribution in [2.75, 3.05) is 26.4 Å². The van der Waals surface area contributed by atoms with Crippen LogP contribution in [0.25, 0.3) is 0 Å². The van der Waals surface area contributed by atoms with Crippen molar-refractivity contribution in [3.8, 4) is 11.5 Å². The van der Waals surface area contributed by atoms with Gasteiger partial charge in [0.05, 0.1) is 5.92 Å². The Hall–Kier alpha value is -3.02. The highest BCUT2D eigenvalue weighted by Crippen LogP contribution is 2.33. The van der Waals surface area contributed by atoms with Crippen LogP contribution >= 0.6 is 0 Å². The van der Waals surface area contributed by atoms with Gasteiger partial charge in [-0.15, -0.1) is 0 Å². The second kappa shape index (κ2) is 7.07. The molecule has 0 aliphatic carbocycles. The molecule has 2 aliphatic heterocycles. The van der Waals surface area contributed by atoms with Crippen molar-refractivity contribution in [3.05, 3.63) is 59.7 Å². The Balaban J connectivity index is 1.24. The van der Waals surface area contributed by atoms with Gasteiger partial charge in [-0.05, 0) is 30.2 Å². The maximum Gasteiger partial charge on any atom is 0.254 e. The van der Waals surface area contributed by atoms with Crippen LogP contribution in [0.1, 0.15) is 15.9 Å². The molecule has 1 N–H and O–H groups in total. The first-order valence-corrected chi connectivity index (χ1v) is 8.71. The molecule has 6 heteroatoms. The van der Waals surface area contributed by atoms with Crippen molar-refractivity contribution in [2.24, 2.45) is 5.92 Å². The van der Waals surface area contributed by atoms with Gasteiger partial charge in [0, 0.05) is 25.2 Å². The molecule has 0 saturated carbocycles. The van der Waals surface area contributed by atoms with Gasteiger partial charge < -0.3 is 19.7 Å². The molecule has 134 valence electrons. The van der Waals surface area contributed by atoms with Gasteiger partial charge in [-0.1, -0.05) is 30.3 Å². The number of carbonyl (C=O) groups excluding carboxylic acids is 2. The topological polar surface area (TPSA) is 67.9 Å². The monoisotopic (exact) mass is 352 g/mol. The third-order valence-electron chi connectivity index (χ3n) is 4.71. The standard InChI is InChI=1S/C20H20N2O4/c23-19(21-9-8-14-4-2-1-3-5-14)16-11-22(12-16)20(24)15-6-7-17-18(10-15)26-13-25-17/h1-7,10,16H,8-9,11-13H2,(H,21,23). The summed E-state index contributed by atoms with van der Waals surface area (Å²) < 4.78 is 10.6. The highest BCUT2D eigenvalue weighted by molar-refractivity contribution is 5.96. The van der Waals surface area contributed by atoms with Crippen LogP contribution in [0, 0.1) is 5.92 Å². The third-order valence-corrected chi connectivity index (χ3v) is 4.71. The lowest BCUT2D eigenvalue weighted by Crippen LogP contribution is -2.55. The molecule has 2 aromatic rings. The van der Waals surface area contributed by atoms with Crippen LogP contribution in [0.15, 0.2) is 48.5 Å². The predicted octanol–water partition coefficient (Wildman–Crippen LogP) is 1.85. The Morgan fingerprint density at radius 2 is 1.81 bits per heavy atom. The van der Waals surface area contributed by atoms with Crippen molar-refractivity contribution in [2.45, 2.75) is 6.42 Å². The summed E-state index contributed by atoms with van der Waals surface area (Å²) in [7, 11) is 0. The molecule has 2 heterocycles. The van der Waals surface area contributed by atoms with E-state index in [1.165, 1.54) is 5.56 Å². The van der Waals surface area contributed by atoms with E-state index in [4.69, 9.17) is 9.47 Å². The van der Waals surface area contributed by atoms with Crippen LogP contribution in [0.3, 0.4) is 0 Å². The summed E-state index contributed by atoms with van der Waals surface area (Å²) in [6, 6.07) is 15.2. The number of ether oxygens (including phenoxy) is 2. The van der Waals surface area contributed by atoms with Crippen molar-refractivity contribution in [1.29, 1.82) is 0 Å². The SMILES string of the molecule is O=C(NCCc1ccccc1)C1CN(C(=O)c2ccc3c(c2)OCO3)C1. The molecule has 1 saturated heterocycles. The fourth-order valence-corrected chi connectivity index (χ4v) is 3.14. The van der Waals surface area contributed by atoms with Crippen LogP contribution in [0.4, 0.5) is 0 Å². The smallest absolute Gasteiger partial charge is 0.254 e. The van der Waals surface area contributed by atoms with Crippen molar-refractivity contribution in [1.82, 2.24) is 10.2 Å². The van der Waals surface area contributed by atoms with Crippen molar-refractivity contribution in [3.63, 3.8) is 0 Å². The Morgan fingerprint density at radius 3 is 2.62 bits per heavy atom. The lowest BCUT2D eigenvalue weighted by atomic mass is 9.97. The summed E-state index contributed by atoms with van der Waals surface area (Å²) in [6.07, 6.45) is 0.805. The molecular weight excluding hydrogens is 332 g/mol. The highest BCUT2D eigenvalue weighted by Gasteiger charge is 2.36. The average Bonchev–Trinajstić information content (AvgIpc) is 3.09. The number of nitrogens with zero attached hydrogens (tertiary/aromatic N) is 1. The maximum absolute atomic E-state index is 12.5. The van der Waals surface area contributed by atoms with E-state index < -0.39 is 0 Å². The first-order chi connectivity index (χ1) is 12.7. The van der Waals surface area contributed by atoms with E-state index in [1.54, 1.807) is 23.1 Å². The van der Waals surface area contributed by atoms with E-state index in [1.807, 2.05) is 30.3 Å². The minimum absolute atomic E-state index is 0.00988. The largest absolute Gasteiger partial charge is 0.454 e. The van der Waals surface area contributed by atoms with Crippen LogP contribution in [0.2, 0.25) is 0 Å². The normalized spacial score (nSPS) is 15.5. The van der Waals surface area contributed by atoms with Gasteiger partial charge in [0.2, 0.25) is 12.7 Å². The van der Waals surface area contributed by atoms with Gasteiger partial charge in [-0.2, -0.15) is 0 Å². The van der Waals surface area contributed by atoms with Crippen LogP contribution in [-0.2, 0) is 11.2 Å². The summed E-state index contributed by atoms with van der Waals surface area (Å²) in [5.74, 6) is 1.03. The van der Waals surface area contributed by atoms with E-state index >= 15 is 0 Å². The van der Waals surface area contributed by atoms with E-state index in [-0.39, 0.29) is 24.5 Å². The van der Waals surface area contributed by atoms with E-state index in [9.17, 15) is 9.59 Å². The van der Waals surface area contributed by atoms with E-state index in [0.717, 1.165) is 6.42 Å². The molecule has 0 bridgehead atoms. The summed E-state index contributed by atoms with van der Waals surface area (Å²) in [5, 5.41) is 2.95. The fraction of sp³-hybridized carbons (Fsp3) is 0.300. The number of likely N-dealkylation sites (tertiary alicyclic amines) is 1. The zero-order valence-electron chi connectivity index (χ0n) is 14.3. The number of hydrogen-bond acceptors (Lipinski definition) is 4. The van der Waals surface area contributed by atoms with Crippen LogP contribution in [-0.4, -0.2) is 43.1 Å². The molecule has 0 spiro atoms. The molecule has 6 nitrogen and oxygen atoms in total. The zero-order valence-corrected chi connectivity index (χ0v) is 14.3. The number of benzene rings is 2. The van der Waals surface area contributed by atoms with Crippen molar-refractivity contribution < 1.29 is 19.1 Å². The van der Waals surface area contributed by atoms with E-state index in [0.29, 0.717) is 36.7 Å². The molecule has 2 amide bonds. The molecule has 4 rings (SSSR count). The van der Waals surface area contributed by atoms with Gasteiger partial charge in [-0.3, -0.25) is 9.59 Å². The second-order valence-electron chi connectivity index (χ2n) is 6.50. The Morgan fingerprint density at radius 1 is 1.04 bits per heavy atom. The van der Waals surface area contributed by atoms with Gasteiger partial charge in [-0.25, -0.2) is 0 Å². The molecule has 26 heavy (non-hydrogen) atoms. The summed E-state index contributed by atoms with van der Waals surface area (Å²) in [4.78, 5) is 26.4. The van der Waals surface area contributed by atoms with E-state index in [2.05, 4.69) is 5.32 Å². The minimum atomic E-state index is -0.135. The minimum Gasteiger partial charge on any atom is -0.454 e. The van der Waals surface area contributed by atoms with Gasteiger partial charge in [0.15, 0.2) is 11.5 Å². The summed E-state index contributed by atoms with van der Waals surface area (Å²) >= 11 is 0. The van der Waals surface area contributed by atoms with Crippen LogP contribution < -0.4 is 14.8 Å². The fourth-order valence-electron chi connectivity index (χ4n) is 3.14. The number of carbonyl (C=O) groups is 2. The molecule has 2 aromatic carbocycles. The van der Waals surface area contributed by atoms with Gasteiger partial charge in [0.1, 0.15) is 0 Å². The number of amides is 2. The Bertz CT molecular complexity index is 816. The van der Waals surface area contributed by atoms with Gasteiger partial charge >= 0.3 is 0 Å². The highest BCUT2D eigenvalue weighted by atomic mass is 16.7. The number of hydrogen-bond donors (Lipinski definition) is 1. The average molecular weight is 352 g/mol. The van der Waals surface area contributed by atoms with Crippen molar-refractivity contribution >= 4 is 11.8 Å². The number of fused-ring (bicyclic) bond motifs is 1. The summed E-state index contributed by atoms with van der Waals surface area (Å²) in [6.45, 7) is 1.69. The Kier molecular flexibility index (Phi) is 4.48. The molecule has 0 unspecified atom stereocenters. The molecule has 2 aliphatic rings. The first-order valence-electron chi connectivity index (χ1n) is 8.71. The lowest BCUT2D eigenvalue weighted by Gasteiger charge is -2.38. The summed E-state index contributed by atoms with van der Waals surface area (Å²) in [5.41, 5.74) is 1.75. The molecular formula is C20H20N2O4. The van der Waals surface area contributed by atoms with Crippen LogP contribution in [0.5, 0.6) is 11.5 Å². The molecule has 0 atom stereocenters. The Labute approximate surface area is 151 Å². The number of nitrogens with one attached hydrogen (secondary N) is 1. The molecule has 0 radical (unpaired) electrons. The zero-order chi connectivity index (χ0) is 17.9. The lowest BCUT2D eigenvalue weighted by molar-refractivity contribution is -0.128. The number of rotatable bonds is 5. The molecule has 1 fully saturated rings. The third kappa shape index (κ3) is 3.35. The first kappa shape index (κ1) is 16.4. The predicted molar refractivity (Wildman–Crippen MR) is 95.1 cm³/mol. The second-order valence-corrected chi connectivity index (χ2v) is 6.50. The maximum atomic E-state index is 12.5. The van der Waals surface area contributed by atoms with Gasteiger partial charge in [0.25, 0.3) is 5.91 Å². The molecule has 0 aromatic heterocycles.